The second-order valence-corrected chi connectivity index (χ2v) is 4.49. The molecule has 1 fully saturated rings. The van der Waals surface area contributed by atoms with Crippen molar-refractivity contribution < 1.29 is 24.1 Å². The van der Waals surface area contributed by atoms with Crippen molar-refractivity contribution in [1.82, 2.24) is 0 Å². The van der Waals surface area contributed by atoms with Crippen molar-refractivity contribution in [2.75, 3.05) is 6.61 Å². The van der Waals surface area contributed by atoms with E-state index in [1.165, 1.54) is 12.1 Å². The number of carboxylic acid groups (broad SMARTS) is 1. The van der Waals surface area contributed by atoms with Gasteiger partial charge in [0.25, 0.3) is 0 Å². The second-order valence-electron chi connectivity index (χ2n) is 4.49. The number of rotatable bonds is 5. The highest BCUT2D eigenvalue weighted by molar-refractivity contribution is 5.79. The Morgan fingerprint density at radius 1 is 1.56 bits per heavy atom. The number of hydrogen-bond donors (Lipinski definition) is 2. The predicted octanol–water partition coefficient (Wildman–Crippen LogP) is 2.12. The van der Waals surface area contributed by atoms with E-state index < -0.39 is 23.3 Å². The maximum Gasteiger partial charge on any atom is 0.312 e. The van der Waals surface area contributed by atoms with Crippen LogP contribution in [-0.2, 0) is 4.79 Å². The van der Waals surface area contributed by atoms with Crippen molar-refractivity contribution in [1.29, 1.82) is 0 Å². The van der Waals surface area contributed by atoms with Crippen LogP contribution in [0.5, 0.6) is 5.75 Å². The highest BCUT2D eigenvalue weighted by atomic mass is 19.1. The molecule has 5 heteroatoms. The summed E-state index contributed by atoms with van der Waals surface area (Å²) in [6.07, 6.45) is -0.350. The lowest BCUT2D eigenvalue weighted by atomic mass is 9.93. The van der Waals surface area contributed by atoms with E-state index in [1.54, 1.807) is 6.92 Å². The van der Waals surface area contributed by atoms with Crippen LogP contribution in [0.2, 0.25) is 0 Å². The number of halogens is 1. The van der Waals surface area contributed by atoms with Crippen LogP contribution in [0.15, 0.2) is 18.2 Å². The van der Waals surface area contributed by atoms with Crippen LogP contribution in [0.25, 0.3) is 0 Å². The Hall–Kier alpha value is -1.62. The molecule has 0 saturated heterocycles. The molecular weight excluding hydrogens is 239 g/mol. The minimum Gasteiger partial charge on any atom is -0.491 e. The van der Waals surface area contributed by atoms with Gasteiger partial charge in [-0.3, -0.25) is 4.79 Å². The van der Waals surface area contributed by atoms with Crippen molar-refractivity contribution in [2.24, 2.45) is 5.41 Å². The first-order valence-electron chi connectivity index (χ1n) is 5.85. The number of carbonyl (C=O) groups is 1. The fourth-order valence-electron chi connectivity index (χ4n) is 2.02. The standard InChI is InChI=1S/C13H15FO4/c1-2-18-10-4-3-8(7-9(10)14)11(15)13(5-6-13)12(16)17/h3-4,7,11,15H,2,5-6H2,1H3,(H,16,17). The Morgan fingerprint density at radius 3 is 2.67 bits per heavy atom. The van der Waals surface area contributed by atoms with E-state index in [2.05, 4.69) is 0 Å². The van der Waals surface area contributed by atoms with Gasteiger partial charge in [0.2, 0.25) is 0 Å². The number of benzene rings is 1. The van der Waals surface area contributed by atoms with Crippen LogP contribution in [0.4, 0.5) is 4.39 Å². The van der Waals surface area contributed by atoms with E-state index >= 15 is 0 Å². The minimum atomic E-state index is -1.18. The highest BCUT2D eigenvalue weighted by Gasteiger charge is 2.56. The summed E-state index contributed by atoms with van der Waals surface area (Å²) in [4.78, 5) is 11.1. The van der Waals surface area contributed by atoms with Gasteiger partial charge < -0.3 is 14.9 Å². The highest BCUT2D eigenvalue weighted by Crippen LogP contribution is 2.55. The number of aliphatic carboxylic acids is 1. The molecule has 1 saturated carbocycles. The lowest BCUT2D eigenvalue weighted by molar-refractivity contribution is -0.148. The Bertz CT molecular complexity index is 468. The average molecular weight is 254 g/mol. The van der Waals surface area contributed by atoms with E-state index in [0.29, 0.717) is 19.4 Å². The van der Waals surface area contributed by atoms with Gasteiger partial charge in [0.1, 0.15) is 0 Å². The van der Waals surface area contributed by atoms with Crippen molar-refractivity contribution in [2.45, 2.75) is 25.9 Å². The largest absolute Gasteiger partial charge is 0.491 e. The summed E-state index contributed by atoms with van der Waals surface area (Å²) < 4.78 is 18.7. The average Bonchev–Trinajstić information content (AvgIpc) is 3.12. The van der Waals surface area contributed by atoms with Crippen LogP contribution in [0, 0.1) is 11.2 Å². The quantitative estimate of drug-likeness (QED) is 0.844. The molecule has 0 aliphatic heterocycles. The van der Waals surface area contributed by atoms with Gasteiger partial charge in [0.05, 0.1) is 18.1 Å². The number of aliphatic hydroxyl groups excluding tert-OH is 1. The molecule has 1 aromatic carbocycles. The molecule has 0 radical (unpaired) electrons. The van der Waals surface area contributed by atoms with E-state index in [1.807, 2.05) is 0 Å². The van der Waals surface area contributed by atoms with Gasteiger partial charge in [-0.1, -0.05) is 6.07 Å². The summed E-state index contributed by atoms with van der Waals surface area (Å²) in [7, 11) is 0. The van der Waals surface area contributed by atoms with E-state index in [0.717, 1.165) is 6.07 Å². The third-order valence-electron chi connectivity index (χ3n) is 3.31. The summed E-state index contributed by atoms with van der Waals surface area (Å²) in [5.41, 5.74) is -0.865. The van der Waals surface area contributed by atoms with E-state index in [9.17, 15) is 14.3 Å². The SMILES string of the molecule is CCOc1ccc(C(O)C2(C(=O)O)CC2)cc1F. The zero-order valence-electron chi connectivity index (χ0n) is 10.0. The fraction of sp³-hybridized carbons (Fsp3) is 0.462. The molecule has 2 rings (SSSR count). The molecule has 1 aliphatic rings. The van der Waals surface area contributed by atoms with Crippen LogP contribution in [0.3, 0.4) is 0 Å². The maximum atomic E-state index is 13.6. The first-order chi connectivity index (χ1) is 8.51. The zero-order valence-corrected chi connectivity index (χ0v) is 10.0. The number of ether oxygens (including phenoxy) is 1. The molecule has 98 valence electrons. The molecule has 1 unspecified atom stereocenters. The van der Waals surface area contributed by atoms with Crippen LogP contribution < -0.4 is 4.74 Å². The van der Waals surface area contributed by atoms with Crippen LogP contribution in [-0.4, -0.2) is 22.8 Å². The molecule has 2 N–H and O–H groups in total. The van der Waals surface area contributed by atoms with Gasteiger partial charge in [0.15, 0.2) is 11.6 Å². The van der Waals surface area contributed by atoms with Gasteiger partial charge >= 0.3 is 5.97 Å². The van der Waals surface area contributed by atoms with Gasteiger partial charge in [-0.05, 0) is 37.5 Å². The van der Waals surface area contributed by atoms with Crippen molar-refractivity contribution in [3.63, 3.8) is 0 Å². The summed E-state index contributed by atoms with van der Waals surface area (Å²) in [6, 6.07) is 4.05. The smallest absolute Gasteiger partial charge is 0.312 e. The van der Waals surface area contributed by atoms with Gasteiger partial charge in [0, 0.05) is 0 Å². The molecule has 0 heterocycles. The molecule has 0 bridgehead atoms. The van der Waals surface area contributed by atoms with Crippen molar-refractivity contribution in [3.05, 3.63) is 29.6 Å². The maximum absolute atomic E-state index is 13.6. The molecule has 0 aromatic heterocycles. The number of carboxylic acids is 1. The van der Waals surface area contributed by atoms with Gasteiger partial charge in [-0.25, -0.2) is 4.39 Å². The normalized spacial score (nSPS) is 18.2. The number of aliphatic hydroxyl groups is 1. The Balaban J connectivity index is 2.24. The lowest BCUT2D eigenvalue weighted by Gasteiger charge is -2.18. The second kappa shape index (κ2) is 4.57. The van der Waals surface area contributed by atoms with Crippen LogP contribution >= 0.6 is 0 Å². The predicted molar refractivity (Wildman–Crippen MR) is 61.8 cm³/mol. The molecule has 1 aliphatic carbocycles. The molecule has 1 aromatic rings. The third kappa shape index (κ3) is 2.06. The topological polar surface area (TPSA) is 66.8 Å². The first kappa shape index (κ1) is 12.8. The summed E-state index contributed by atoms with van der Waals surface area (Å²) in [5, 5.41) is 19.1. The van der Waals surface area contributed by atoms with Crippen LogP contribution in [0.1, 0.15) is 31.4 Å². The molecular formula is C13H15FO4. The van der Waals surface area contributed by atoms with Gasteiger partial charge in [-0.2, -0.15) is 0 Å². The summed E-state index contributed by atoms with van der Waals surface area (Å²) >= 11 is 0. The van der Waals surface area contributed by atoms with Crippen molar-refractivity contribution >= 4 is 5.97 Å². The Morgan fingerprint density at radius 2 is 2.22 bits per heavy atom. The molecule has 18 heavy (non-hydrogen) atoms. The monoisotopic (exact) mass is 254 g/mol. The zero-order chi connectivity index (χ0) is 13.3. The molecule has 4 nitrogen and oxygen atoms in total. The Kier molecular flexibility index (Phi) is 3.26. The summed E-state index contributed by atoms with van der Waals surface area (Å²) in [6.45, 7) is 2.09. The van der Waals surface area contributed by atoms with Gasteiger partial charge in [-0.15, -0.1) is 0 Å². The molecule has 1 atom stereocenters. The van der Waals surface area contributed by atoms with E-state index in [-0.39, 0.29) is 11.3 Å². The first-order valence-corrected chi connectivity index (χ1v) is 5.85. The lowest BCUT2D eigenvalue weighted by Crippen LogP contribution is -2.23. The molecule has 0 amide bonds. The molecule has 0 spiro atoms. The van der Waals surface area contributed by atoms with E-state index in [4.69, 9.17) is 9.84 Å². The minimum absolute atomic E-state index is 0.105. The van der Waals surface area contributed by atoms with Crippen molar-refractivity contribution in [3.8, 4) is 5.75 Å². The summed E-state index contributed by atoms with van der Waals surface area (Å²) in [5.74, 6) is -1.52. The fourth-order valence-corrected chi connectivity index (χ4v) is 2.02. The third-order valence-corrected chi connectivity index (χ3v) is 3.31. The Labute approximate surface area is 104 Å². The number of hydrogen-bond acceptors (Lipinski definition) is 3.